The van der Waals surface area contributed by atoms with Crippen molar-refractivity contribution in [3.05, 3.63) is 0 Å². The summed E-state index contributed by atoms with van der Waals surface area (Å²) < 4.78 is 10.6. The van der Waals surface area contributed by atoms with Gasteiger partial charge in [0.25, 0.3) is 0 Å². The van der Waals surface area contributed by atoms with Crippen LogP contribution in [0.4, 0.5) is 0 Å². The molecule has 0 saturated heterocycles. The summed E-state index contributed by atoms with van der Waals surface area (Å²) in [5.41, 5.74) is 0. The maximum atomic E-state index is 11.7. The van der Waals surface area contributed by atoms with Crippen LogP contribution in [0.5, 0.6) is 0 Å². The lowest BCUT2D eigenvalue weighted by atomic mass is 10.2. The molecule has 0 bridgehead atoms. The molecule has 0 aliphatic heterocycles. The first-order valence-corrected chi connectivity index (χ1v) is 7.23. The molecule has 4 nitrogen and oxygen atoms in total. The molecule has 0 fully saturated rings. The number of rotatable bonds is 12. The van der Waals surface area contributed by atoms with Gasteiger partial charge in [-0.1, -0.05) is 33.1 Å². The molecule has 0 spiro atoms. The van der Waals surface area contributed by atoms with E-state index in [4.69, 9.17) is 9.47 Å². The number of carbonyl (C=O) groups excluding carboxylic acids is 1. The molecule has 0 aromatic carbocycles. The second-order valence-corrected chi connectivity index (χ2v) is 4.39. The normalized spacial score (nSPS) is 12.4. The number of unbranched alkanes of at least 4 members (excludes halogenated alkanes) is 3. The van der Waals surface area contributed by atoms with Gasteiger partial charge in [0.15, 0.2) is 0 Å². The maximum Gasteiger partial charge on any atom is 0.325 e. The number of nitrogens with one attached hydrogen (secondary N) is 1. The molecule has 0 saturated carbocycles. The molecule has 0 aromatic heterocycles. The van der Waals surface area contributed by atoms with Crippen molar-refractivity contribution in [3.63, 3.8) is 0 Å². The zero-order chi connectivity index (χ0) is 13.6. The van der Waals surface area contributed by atoms with Gasteiger partial charge in [-0.15, -0.1) is 0 Å². The summed E-state index contributed by atoms with van der Waals surface area (Å²) >= 11 is 0. The SMILES string of the molecule is CCCCCCOCC(NCCC)C(=O)OCC. The molecular formula is C14H29NO3. The van der Waals surface area contributed by atoms with Crippen LogP contribution in [0, 0.1) is 0 Å². The van der Waals surface area contributed by atoms with E-state index in [0.717, 1.165) is 26.0 Å². The molecule has 0 amide bonds. The van der Waals surface area contributed by atoms with Gasteiger partial charge in [-0.3, -0.25) is 4.79 Å². The fraction of sp³-hybridized carbons (Fsp3) is 0.929. The molecule has 18 heavy (non-hydrogen) atoms. The van der Waals surface area contributed by atoms with Crippen LogP contribution in [0.15, 0.2) is 0 Å². The molecule has 0 aliphatic rings. The predicted molar refractivity (Wildman–Crippen MR) is 73.7 cm³/mol. The Morgan fingerprint density at radius 2 is 1.89 bits per heavy atom. The van der Waals surface area contributed by atoms with Crippen LogP contribution in [0.3, 0.4) is 0 Å². The Morgan fingerprint density at radius 3 is 2.50 bits per heavy atom. The van der Waals surface area contributed by atoms with Crippen LogP contribution in [-0.4, -0.2) is 38.4 Å². The van der Waals surface area contributed by atoms with Crippen LogP contribution < -0.4 is 5.32 Å². The molecule has 4 heteroatoms. The maximum absolute atomic E-state index is 11.7. The summed E-state index contributed by atoms with van der Waals surface area (Å²) in [4.78, 5) is 11.7. The minimum atomic E-state index is -0.323. The number of carbonyl (C=O) groups is 1. The monoisotopic (exact) mass is 259 g/mol. The van der Waals surface area contributed by atoms with E-state index in [2.05, 4.69) is 19.2 Å². The highest BCUT2D eigenvalue weighted by Crippen LogP contribution is 2.00. The zero-order valence-corrected chi connectivity index (χ0v) is 12.2. The second kappa shape index (κ2) is 12.8. The summed E-state index contributed by atoms with van der Waals surface area (Å²) in [6.07, 6.45) is 5.73. The van der Waals surface area contributed by atoms with Gasteiger partial charge in [0.2, 0.25) is 0 Å². The van der Waals surface area contributed by atoms with E-state index in [1.165, 1.54) is 19.3 Å². The largest absolute Gasteiger partial charge is 0.465 e. The lowest BCUT2D eigenvalue weighted by Gasteiger charge is -2.17. The Kier molecular flexibility index (Phi) is 12.4. The van der Waals surface area contributed by atoms with Gasteiger partial charge in [0, 0.05) is 6.61 Å². The molecule has 0 radical (unpaired) electrons. The van der Waals surface area contributed by atoms with Crippen LogP contribution in [0.1, 0.15) is 52.9 Å². The highest BCUT2D eigenvalue weighted by molar-refractivity contribution is 5.75. The average Bonchev–Trinajstić information content (AvgIpc) is 2.37. The number of ether oxygens (including phenoxy) is 2. The quantitative estimate of drug-likeness (QED) is 0.432. The Bertz CT molecular complexity index is 197. The van der Waals surface area contributed by atoms with Gasteiger partial charge < -0.3 is 14.8 Å². The molecule has 0 aliphatic carbocycles. The number of esters is 1. The molecule has 0 heterocycles. The molecule has 0 rings (SSSR count). The average molecular weight is 259 g/mol. The van der Waals surface area contributed by atoms with E-state index in [1.807, 2.05) is 6.92 Å². The summed E-state index contributed by atoms with van der Waals surface area (Å²) in [6, 6.07) is -0.323. The standard InChI is InChI=1S/C14H29NO3/c1-4-7-8-9-11-17-12-13(15-10-5-2)14(16)18-6-3/h13,15H,4-12H2,1-3H3. The van der Waals surface area contributed by atoms with Crippen LogP contribution in [-0.2, 0) is 14.3 Å². The first-order valence-electron chi connectivity index (χ1n) is 7.23. The highest BCUT2D eigenvalue weighted by Gasteiger charge is 2.18. The fourth-order valence-electron chi connectivity index (χ4n) is 1.60. The van der Waals surface area contributed by atoms with Crippen molar-refractivity contribution >= 4 is 5.97 Å². The van der Waals surface area contributed by atoms with Gasteiger partial charge in [0.05, 0.1) is 13.2 Å². The van der Waals surface area contributed by atoms with E-state index < -0.39 is 0 Å². The summed E-state index contributed by atoms with van der Waals surface area (Å²) in [6.45, 7) is 8.44. The molecular weight excluding hydrogens is 230 g/mol. The van der Waals surface area contributed by atoms with Crippen LogP contribution in [0.25, 0.3) is 0 Å². The Balaban J connectivity index is 3.75. The smallest absolute Gasteiger partial charge is 0.325 e. The highest BCUT2D eigenvalue weighted by atomic mass is 16.5. The van der Waals surface area contributed by atoms with Crippen molar-refractivity contribution in [2.45, 2.75) is 58.9 Å². The number of hydrogen-bond donors (Lipinski definition) is 1. The summed E-state index contributed by atoms with van der Waals surface area (Å²) in [5.74, 6) is -0.209. The van der Waals surface area contributed by atoms with Crippen molar-refractivity contribution in [1.82, 2.24) is 5.32 Å². The van der Waals surface area contributed by atoms with E-state index in [9.17, 15) is 4.79 Å². The van der Waals surface area contributed by atoms with Crippen molar-refractivity contribution in [2.24, 2.45) is 0 Å². The van der Waals surface area contributed by atoms with E-state index in [1.54, 1.807) is 0 Å². The van der Waals surface area contributed by atoms with Crippen LogP contribution >= 0.6 is 0 Å². The fourth-order valence-corrected chi connectivity index (χ4v) is 1.60. The lowest BCUT2D eigenvalue weighted by molar-refractivity contribution is -0.147. The van der Waals surface area contributed by atoms with Crippen LogP contribution in [0.2, 0.25) is 0 Å². The first-order chi connectivity index (χ1) is 8.76. The van der Waals surface area contributed by atoms with Crippen molar-refractivity contribution in [2.75, 3.05) is 26.4 Å². The molecule has 108 valence electrons. The summed E-state index contributed by atoms with van der Waals surface area (Å²) in [7, 11) is 0. The minimum Gasteiger partial charge on any atom is -0.465 e. The van der Waals surface area contributed by atoms with Crippen molar-refractivity contribution in [1.29, 1.82) is 0 Å². The molecule has 1 atom stereocenters. The Morgan fingerprint density at radius 1 is 1.11 bits per heavy atom. The van der Waals surface area contributed by atoms with Gasteiger partial charge >= 0.3 is 5.97 Å². The molecule has 1 N–H and O–H groups in total. The Labute approximate surface area is 111 Å². The van der Waals surface area contributed by atoms with Gasteiger partial charge in [-0.25, -0.2) is 0 Å². The predicted octanol–water partition coefficient (Wildman–Crippen LogP) is 2.51. The van der Waals surface area contributed by atoms with E-state index in [0.29, 0.717) is 13.2 Å². The third-order valence-electron chi connectivity index (χ3n) is 2.64. The van der Waals surface area contributed by atoms with E-state index >= 15 is 0 Å². The topological polar surface area (TPSA) is 47.6 Å². The Hall–Kier alpha value is -0.610. The van der Waals surface area contributed by atoms with E-state index in [-0.39, 0.29) is 12.0 Å². The molecule has 1 unspecified atom stereocenters. The van der Waals surface area contributed by atoms with Gasteiger partial charge in [0.1, 0.15) is 6.04 Å². The third kappa shape index (κ3) is 9.42. The molecule has 0 aromatic rings. The zero-order valence-electron chi connectivity index (χ0n) is 12.2. The van der Waals surface area contributed by atoms with Gasteiger partial charge in [-0.2, -0.15) is 0 Å². The number of hydrogen-bond acceptors (Lipinski definition) is 4. The minimum absolute atomic E-state index is 0.209. The third-order valence-corrected chi connectivity index (χ3v) is 2.64. The van der Waals surface area contributed by atoms with Gasteiger partial charge in [-0.05, 0) is 26.3 Å². The second-order valence-electron chi connectivity index (χ2n) is 4.39. The lowest BCUT2D eigenvalue weighted by Crippen LogP contribution is -2.42. The van der Waals surface area contributed by atoms with Crippen molar-refractivity contribution < 1.29 is 14.3 Å². The summed E-state index contributed by atoms with van der Waals surface area (Å²) in [5, 5.41) is 3.16. The van der Waals surface area contributed by atoms with Crippen molar-refractivity contribution in [3.8, 4) is 0 Å². The first kappa shape index (κ1) is 17.4.